The van der Waals surface area contributed by atoms with Crippen molar-refractivity contribution >= 4 is 5.91 Å². The number of hydrogen-bond acceptors (Lipinski definition) is 2. The number of nitrogens with zero attached hydrogens (tertiary/aromatic N) is 1. The molecule has 90 valence electrons. The highest BCUT2D eigenvalue weighted by Gasteiger charge is 2.30. The maximum Gasteiger partial charge on any atom is 0.416 e. The van der Waals surface area contributed by atoms with E-state index in [1.165, 1.54) is 12.1 Å². The lowest BCUT2D eigenvalue weighted by molar-refractivity contribution is -0.137. The largest absolute Gasteiger partial charge is 0.416 e. The number of carbonyl (C=O) groups is 1. The van der Waals surface area contributed by atoms with E-state index in [4.69, 9.17) is 5.26 Å². The summed E-state index contributed by atoms with van der Waals surface area (Å²) in [7, 11) is 0. The van der Waals surface area contributed by atoms with Gasteiger partial charge in [-0.3, -0.25) is 4.79 Å². The molecule has 0 heterocycles. The maximum absolute atomic E-state index is 12.4. The number of nitrogens with one attached hydrogen (secondary N) is 1. The van der Waals surface area contributed by atoms with Crippen molar-refractivity contribution in [3.8, 4) is 6.07 Å². The molecule has 0 radical (unpaired) electrons. The summed E-state index contributed by atoms with van der Waals surface area (Å²) in [5.74, 6) is -0.619. The third-order valence-corrected chi connectivity index (χ3v) is 1.97. The molecule has 1 aromatic carbocycles. The van der Waals surface area contributed by atoms with Crippen molar-refractivity contribution in [3.05, 3.63) is 35.4 Å². The van der Waals surface area contributed by atoms with Crippen LogP contribution in [0.5, 0.6) is 0 Å². The monoisotopic (exact) mass is 242 g/mol. The summed E-state index contributed by atoms with van der Waals surface area (Å²) >= 11 is 0. The Balaban J connectivity index is 2.79. The van der Waals surface area contributed by atoms with E-state index in [0.717, 1.165) is 12.1 Å². The van der Waals surface area contributed by atoms with Gasteiger partial charge in [-0.1, -0.05) is 6.07 Å². The number of carbonyl (C=O) groups excluding carboxylic acids is 1. The number of alkyl halides is 3. The second kappa shape index (κ2) is 5.34. The molecule has 1 N–H and O–H groups in total. The van der Waals surface area contributed by atoms with Crippen LogP contribution in [-0.4, -0.2) is 12.5 Å². The predicted octanol–water partition coefficient (Wildman–Crippen LogP) is 2.35. The highest BCUT2D eigenvalue weighted by Crippen LogP contribution is 2.29. The molecule has 0 saturated carbocycles. The Hall–Kier alpha value is -2.03. The Kier molecular flexibility index (Phi) is 4.10. The molecule has 0 bridgehead atoms. The Bertz CT molecular complexity index is 449. The van der Waals surface area contributed by atoms with Crippen LogP contribution < -0.4 is 5.32 Å². The quantitative estimate of drug-likeness (QED) is 0.827. The van der Waals surface area contributed by atoms with Crippen LogP contribution in [-0.2, 0) is 6.18 Å². The lowest BCUT2D eigenvalue weighted by Gasteiger charge is -2.08. The summed E-state index contributed by atoms with van der Waals surface area (Å²) in [6.07, 6.45) is -4.35. The summed E-state index contributed by atoms with van der Waals surface area (Å²) in [6.45, 7) is 0.117. The minimum Gasteiger partial charge on any atom is -0.351 e. The van der Waals surface area contributed by atoms with Gasteiger partial charge in [0.15, 0.2) is 0 Å². The SMILES string of the molecule is N#CCCNC(=O)c1cccc(C(F)(F)F)c1. The van der Waals surface area contributed by atoms with Crippen molar-refractivity contribution in [3.63, 3.8) is 0 Å². The Labute approximate surface area is 95.9 Å². The fraction of sp³-hybridized carbons (Fsp3) is 0.273. The van der Waals surface area contributed by atoms with Crippen molar-refractivity contribution < 1.29 is 18.0 Å². The van der Waals surface area contributed by atoms with E-state index in [2.05, 4.69) is 5.32 Å². The molecule has 0 aliphatic carbocycles. The van der Waals surface area contributed by atoms with Gasteiger partial charge in [-0.05, 0) is 18.2 Å². The Morgan fingerprint density at radius 2 is 2.12 bits per heavy atom. The molecule has 1 rings (SSSR count). The van der Waals surface area contributed by atoms with Crippen LogP contribution in [0.2, 0.25) is 0 Å². The van der Waals surface area contributed by atoms with Gasteiger partial charge in [-0.15, -0.1) is 0 Å². The zero-order valence-corrected chi connectivity index (χ0v) is 8.71. The lowest BCUT2D eigenvalue weighted by atomic mass is 10.1. The summed E-state index contributed by atoms with van der Waals surface area (Å²) in [5, 5.41) is 10.6. The summed E-state index contributed by atoms with van der Waals surface area (Å²) in [5.41, 5.74) is -0.941. The smallest absolute Gasteiger partial charge is 0.351 e. The highest BCUT2D eigenvalue weighted by atomic mass is 19.4. The normalized spacial score (nSPS) is 10.7. The average molecular weight is 242 g/mol. The first-order chi connectivity index (χ1) is 7.95. The second-order valence-corrected chi connectivity index (χ2v) is 3.24. The van der Waals surface area contributed by atoms with E-state index < -0.39 is 17.6 Å². The van der Waals surface area contributed by atoms with Crippen LogP contribution in [0.3, 0.4) is 0 Å². The van der Waals surface area contributed by atoms with Gasteiger partial charge in [0.1, 0.15) is 0 Å². The highest BCUT2D eigenvalue weighted by molar-refractivity contribution is 5.94. The second-order valence-electron chi connectivity index (χ2n) is 3.24. The summed E-state index contributed by atoms with van der Waals surface area (Å²) in [4.78, 5) is 11.4. The van der Waals surface area contributed by atoms with E-state index >= 15 is 0 Å². The van der Waals surface area contributed by atoms with E-state index in [0.29, 0.717) is 0 Å². The van der Waals surface area contributed by atoms with Gasteiger partial charge >= 0.3 is 6.18 Å². The van der Waals surface area contributed by atoms with Gasteiger partial charge < -0.3 is 5.32 Å². The molecule has 0 aromatic heterocycles. The first-order valence-corrected chi connectivity index (χ1v) is 4.77. The fourth-order valence-corrected chi connectivity index (χ4v) is 1.17. The van der Waals surface area contributed by atoms with E-state index in [-0.39, 0.29) is 18.5 Å². The number of amides is 1. The van der Waals surface area contributed by atoms with Crippen molar-refractivity contribution in [2.75, 3.05) is 6.54 Å². The molecular weight excluding hydrogens is 233 g/mol. The first-order valence-electron chi connectivity index (χ1n) is 4.77. The summed E-state index contributed by atoms with van der Waals surface area (Å²) in [6, 6.07) is 5.95. The zero-order valence-electron chi connectivity index (χ0n) is 8.71. The van der Waals surface area contributed by atoms with E-state index in [9.17, 15) is 18.0 Å². The lowest BCUT2D eigenvalue weighted by Crippen LogP contribution is -2.24. The van der Waals surface area contributed by atoms with Gasteiger partial charge in [0.25, 0.3) is 5.91 Å². The molecular formula is C11H9F3N2O. The van der Waals surface area contributed by atoms with Crippen LogP contribution in [0.1, 0.15) is 22.3 Å². The Morgan fingerprint density at radius 1 is 1.41 bits per heavy atom. The van der Waals surface area contributed by atoms with Crippen molar-refractivity contribution in [2.24, 2.45) is 0 Å². The molecule has 1 amide bonds. The predicted molar refractivity (Wildman–Crippen MR) is 54.0 cm³/mol. The van der Waals surface area contributed by atoms with Crippen LogP contribution in [0, 0.1) is 11.3 Å². The molecule has 0 saturated heterocycles. The number of rotatable bonds is 3. The van der Waals surface area contributed by atoms with E-state index in [1.807, 2.05) is 6.07 Å². The molecule has 0 fully saturated rings. The topological polar surface area (TPSA) is 52.9 Å². The number of halogens is 3. The standard InChI is InChI=1S/C11H9F3N2O/c12-11(13,14)9-4-1-3-8(7-9)10(17)16-6-2-5-15/h1,3-4,7H,2,6H2,(H,16,17). The third kappa shape index (κ3) is 3.79. The number of nitriles is 1. The number of hydrogen-bond donors (Lipinski definition) is 1. The Morgan fingerprint density at radius 3 is 2.71 bits per heavy atom. The van der Waals surface area contributed by atoms with Crippen LogP contribution in [0.4, 0.5) is 13.2 Å². The van der Waals surface area contributed by atoms with Gasteiger partial charge in [0, 0.05) is 12.1 Å². The summed E-state index contributed by atoms with van der Waals surface area (Å²) < 4.78 is 37.1. The average Bonchev–Trinajstić information content (AvgIpc) is 2.28. The molecule has 0 atom stereocenters. The third-order valence-electron chi connectivity index (χ3n) is 1.97. The first kappa shape index (κ1) is 13.0. The minimum atomic E-state index is -4.47. The van der Waals surface area contributed by atoms with Crippen LogP contribution in [0.25, 0.3) is 0 Å². The van der Waals surface area contributed by atoms with Crippen molar-refractivity contribution in [1.29, 1.82) is 5.26 Å². The minimum absolute atomic E-state index is 0.0715. The molecule has 0 aliphatic heterocycles. The van der Waals surface area contributed by atoms with Crippen molar-refractivity contribution in [2.45, 2.75) is 12.6 Å². The molecule has 17 heavy (non-hydrogen) atoms. The van der Waals surface area contributed by atoms with Gasteiger partial charge in [0.05, 0.1) is 18.1 Å². The number of benzene rings is 1. The maximum atomic E-state index is 12.4. The van der Waals surface area contributed by atoms with Gasteiger partial charge in [-0.2, -0.15) is 18.4 Å². The molecule has 6 heteroatoms. The van der Waals surface area contributed by atoms with Crippen molar-refractivity contribution in [1.82, 2.24) is 5.32 Å². The van der Waals surface area contributed by atoms with E-state index in [1.54, 1.807) is 0 Å². The van der Waals surface area contributed by atoms with Gasteiger partial charge in [-0.25, -0.2) is 0 Å². The molecule has 0 spiro atoms. The van der Waals surface area contributed by atoms with Crippen LogP contribution in [0.15, 0.2) is 24.3 Å². The molecule has 0 unspecified atom stereocenters. The van der Waals surface area contributed by atoms with Crippen LogP contribution >= 0.6 is 0 Å². The molecule has 1 aromatic rings. The molecule has 3 nitrogen and oxygen atoms in total. The fourth-order valence-electron chi connectivity index (χ4n) is 1.17. The zero-order chi connectivity index (χ0) is 12.9. The van der Waals surface area contributed by atoms with Gasteiger partial charge in [0.2, 0.25) is 0 Å². The molecule has 0 aliphatic rings.